The summed E-state index contributed by atoms with van der Waals surface area (Å²) >= 11 is 3.02. The van der Waals surface area contributed by atoms with Crippen molar-refractivity contribution in [3.05, 3.63) is 10.7 Å². The molecule has 0 unspecified atom stereocenters. The van der Waals surface area contributed by atoms with Crippen LogP contribution < -0.4 is 5.32 Å². The van der Waals surface area contributed by atoms with E-state index < -0.39 is 0 Å². The molecular formula is C12H19N5OS2. The summed E-state index contributed by atoms with van der Waals surface area (Å²) < 4.78 is 9.01. The highest BCUT2D eigenvalue weighted by atomic mass is 32.1. The molecule has 0 spiro atoms. The quantitative estimate of drug-likeness (QED) is 0.751. The van der Waals surface area contributed by atoms with E-state index in [1.54, 1.807) is 18.4 Å². The van der Waals surface area contributed by atoms with Gasteiger partial charge in [0.25, 0.3) is 0 Å². The first-order valence-corrected chi connectivity index (χ1v) is 8.16. The molecule has 0 bridgehead atoms. The SMILES string of the molecule is COCCNCCc1nnc(-c2snnc2C(C)C)s1. The van der Waals surface area contributed by atoms with Gasteiger partial charge in [0.1, 0.15) is 9.88 Å². The number of nitrogens with one attached hydrogen (secondary N) is 1. The van der Waals surface area contributed by atoms with E-state index >= 15 is 0 Å². The van der Waals surface area contributed by atoms with Gasteiger partial charge < -0.3 is 10.1 Å². The van der Waals surface area contributed by atoms with Crippen molar-refractivity contribution >= 4 is 22.9 Å². The van der Waals surface area contributed by atoms with Crippen LogP contribution in [0.25, 0.3) is 9.88 Å². The molecule has 0 radical (unpaired) electrons. The Morgan fingerprint density at radius 2 is 2.05 bits per heavy atom. The molecule has 0 saturated carbocycles. The Bertz CT molecular complexity index is 525. The van der Waals surface area contributed by atoms with Gasteiger partial charge in [-0.3, -0.25) is 0 Å². The minimum absolute atomic E-state index is 0.354. The summed E-state index contributed by atoms with van der Waals surface area (Å²) in [6.07, 6.45) is 0.880. The molecule has 0 aliphatic heterocycles. The molecule has 2 aromatic rings. The van der Waals surface area contributed by atoms with Crippen molar-refractivity contribution in [3.63, 3.8) is 0 Å². The maximum atomic E-state index is 4.98. The fourth-order valence-electron chi connectivity index (χ4n) is 1.66. The van der Waals surface area contributed by atoms with Crippen LogP contribution in [0.1, 0.15) is 30.5 Å². The average Bonchev–Trinajstić information content (AvgIpc) is 3.06. The molecule has 110 valence electrons. The van der Waals surface area contributed by atoms with Crippen LogP contribution in [0.4, 0.5) is 0 Å². The van der Waals surface area contributed by atoms with Gasteiger partial charge in [0.15, 0.2) is 5.01 Å². The lowest BCUT2D eigenvalue weighted by atomic mass is 10.1. The van der Waals surface area contributed by atoms with Crippen molar-refractivity contribution in [1.82, 2.24) is 25.1 Å². The summed E-state index contributed by atoms with van der Waals surface area (Å²) in [7, 11) is 1.70. The van der Waals surface area contributed by atoms with Crippen LogP contribution in [-0.2, 0) is 11.2 Å². The number of rotatable bonds is 8. The van der Waals surface area contributed by atoms with E-state index in [1.807, 2.05) is 0 Å². The average molecular weight is 313 g/mol. The second-order valence-electron chi connectivity index (χ2n) is 4.64. The zero-order chi connectivity index (χ0) is 14.4. The molecule has 0 aliphatic rings. The highest BCUT2D eigenvalue weighted by molar-refractivity contribution is 7.19. The summed E-state index contributed by atoms with van der Waals surface area (Å²) in [5.41, 5.74) is 1.01. The van der Waals surface area contributed by atoms with Crippen molar-refractivity contribution in [2.45, 2.75) is 26.2 Å². The van der Waals surface area contributed by atoms with Gasteiger partial charge in [-0.15, -0.1) is 15.3 Å². The molecular weight excluding hydrogens is 294 g/mol. The summed E-state index contributed by atoms with van der Waals surface area (Å²) in [4.78, 5) is 1.05. The van der Waals surface area contributed by atoms with E-state index in [0.717, 1.165) is 46.7 Å². The molecule has 2 heterocycles. The molecule has 0 aromatic carbocycles. The van der Waals surface area contributed by atoms with Crippen LogP contribution >= 0.6 is 22.9 Å². The normalized spacial score (nSPS) is 11.4. The first-order valence-electron chi connectivity index (χ1n) is 6.57. The minimum Gasteiger partial charge on any atom is -0.383 e. The smallest absolute Gasteiger partial charge is 0.161 e. The Hall–Kier alpha value is -0.960. The lowest BCUT2D eigenvalue weighted by Gasteiger charge is -2.01. The van der Waals surface area contributed by atoms with Gasteiger partial charge >= 0.3 is 0 Å². The van der Waals surface area contributed by atoms with Crippen LogP contribution in [-0.4, -0.2) is 46.6 Å². The monoisotopic (exact) mass is 313 g/mol. The highest BCUT2D eigenvalue weighted by Crippen LogP contribution is 2.32. The number of aromatic nitrogens is 4. The third kappa shape index (κ3) is 4.02. The second-order valence-corrected chi connectivity index (χ2v) is 6.45. The van der Waals surface area contributed by atoms with Gasteiger partial charge in [0.2, 0.25) is 0 Å². The third-order valence-corrected chi connectivity index (χ3v) is 4.60. The fraction of sp³-hybridized carbons (Fsp3) is 0.667. The Labute approximate surface area is 126 Å². The summed E-state index contributed by atoms with van der Waals surface area (Å²) in [6.45, 7) is 6.70. The number of nitrogens with zero attached hydrogens (tertiary/aromatic N) is 4. The van der Waals surface area contributed by atoms with Crippen LogP contribution in [0, 0.1) is 0 Å². The number of hydrogen-bond donors (Lipinski definition) is 1. The lowest BCUT2D eigenvalue weighted by molar-refractivity contribution is 0.199. The summed E-state index contributed by atoms with van der Waals surface area (Å²) in [6, 6.07) is 0. The van der Waals surface area contributed by atoms with E-state index in [2.05, 4.69) is 38.9 Å². The van der Waals surface area contributed by atoms with Gasteiger partial charge in [-0.2, -0.15) is 0 Å². The van der Waals surface area contributed by atoms with Crippen LogP contribution in [0.5, 0.6) is 0 Å². The van der Waals surface area contributed by atoms with Crippen LogP contribution in [0.15, 0.2) is 0 Å². The third-order valence-electron chi connectivity index (χ3n) is 2.72. The Morgan fingerprint density at radius 1 is 1.20 bits per heavy atom. The maximum Gasteiger partial charge on any atom is 0.161 e. The standard InChI is InChI=1S/C12H19N5OS2/c1-8(2)10-11(20-17-15-10)12-16-14-9(19-12)4-5-13-6-7-18-3/h8,13H,4-7H2,1-3H3. The summed E-state index contributed by atoms with van der Waals surface area (Å²) in [5.74, 6) is 0.354. The van der Waals surface area contributed by atoms with E-state index in [4.69, 9.17) is 4.74 Å². The van der Waals surface area contributed by atoms with Crippen molar-refractivity contribution in [3.8, 4) is 9.88 Å². The fourth-order valence-corrected chi connectivity index (χ4v) is 3.39. The predicted octanol–water partition coefficient (Wildman–Crippen LogP) is 1.96. The maximum absolute atomic E-state index is 4.98. The largest absolute Gasteiger partial charge is 0.383 e. The second kappa shape index (κ2) is 7.72. The molecule has 0 saturated heterocycles. The van der Waals surface area contributed by atoms with Gasteiger partial charge in [-0.05, 0) is 17.5 Å². The Balaban J connectivity index is 1.93. The van der Waals surface area contributed by atoms with Gasteiger partial charge in [-0.25, -0.2) is 0 Å². The molecule has 0 fully saturated rings. The number of ether oxygens (including phenoxy) is 1. The van der Waals surface area contributed by atoms with Crippen molar-refractivity contribution in [2.24, 2.45) is 0 Å². The van der Waals surface area contributed by atoms with Crippen LogP contribution in [0.3, 0.4) is 0 Å². The molecule has 0 atom stereocenters. The van der Waals surface area contributed by atoms with E-state index in [9.17, 15) is 0 Å². The Kier molecular flexibility index (Phi) is 5.96. The van der Waals surface area contributed by atoms with Gasteiger partial charge in [0, 0.05) is 26.6 Å². The van der Waals surface area contributed by atoms with E-state index in [-0.39, 0.29) is 0 Å². The molecule has 6 nitrogen and oxygen atoms in total. The van der Waals surface area contributed by atoms with E-state index in [1.165, 1.54) is 11.5 Å². The Morgan fingerprint density at radius 3 is 2.80 bits per heavy atom. The highest BCUT2D eigenvalue weighted by Gasteiger charge is 2.17. The summed E-state index contributed by atoms with van der Waals surface area (Å²) in [5, 5.41) is 17.9. The molecule has 0 aliphatic carbocycles. The van der Waals surface area contributed by atoms with Crippen molar-refractivity contribution in [2.75, 3.05) is 26.8 Å². The molecule has 2 aromatic heterocycles. The van der Waals surface area contributed by atoms with Crippen molar-refractivity contribution < 1.29 is 4.74 Å². The lowest BCUT2D eigenvalue weighted by Crippen LogP contribution is -2.21. The molecule has 2 rings (SSSR count). The first-order chi connectivity index (χ1) is 9.72. The topological polar surface area (TPSA) is 72.8 Å². The molecule has 8 heteroatoms. The zero-order valence-corrected chi connectivity index (χ0v) is 13.6. The van der Waals surface area contributed by atoms with Gasteiger partial charge in [0.05, 0.1) is 12.3 Å². The van der Waals surface area contributed by atoms with Crippen molar-refractivity contribution in [1.29, 1.82) is 0 Å². The molecule has 0 amide bonds. The van der Waals surface area contributed by atoms with Crippen LogP contribution in [0.2, 0.25) is 0 Å². The van der Waals surface area contributed by atoms with E-state index in [0.29, 0.717) is 5.92 Å². The number of methoxy groups -OCH3 is 1. The zero-order valence-electron chi connectivity index (χ0n) is 11.9. The molecule has 1 N–H and O–H groups in total. The predicted molar refractivity (Wildman–Crippen MR) is 81.4 cm³/mol. The first kappa shape index (κ1) is 15.4. The van der Waals surface area contributed by atoms with Gasteiger partial charge in [-0.1, -0.05) is 29.7 Å². The number of hydrogen-bond acceptors (Lipinski definition) is 8. The molecule has 20 heavy (non-hydrogen) atoms. The minimum atomic E-state index is 0.354.